The zero-order valence-electron chi connectivity index (χ0n) is 11.6. The molecule has 0 aliphatic carbocycles. The summed E-state index contributed by atoms with van der Waals surface area (Å²) in [5.74, 6) is 0.0201. The van der Waals surface area contributed by atoms with Crippen LogP contribution >= 0.6 is 0 Å². The molecule has 0 aromatic carbocycles. The van der Waals surface area contributed by atoms with Gasteiger partial charge in [-0.05, 0) is 32.2 Å². The summed E-state index contributed by atoms with van der Waals surface area (Å²) >= 11 is 0. The van der Waals surface area contributed by atoms with Gasteiger partial charge in [0.2, 0.25) is 5.91 Å². The summed E-state index contributed by atoms with van der Waals surface area (Å²) in [6.07, 6.45) is 3.91. The van der Waals surface area contributed by atoms with E-state index in [1.807, 2.05) is 0 Å². The average molecular weight is 288 g/mol. The van der Waals surface area contributed by atoms with E-state index >= 15 is 0 Å². The Morgan fingerprint density at radius 3 is 2.47 bits per heavy atom. The topological polar surface area (TPSA) is 66.5 Å². The summed E-state index contributed by atoms with van der Waals surface area (Å²) in [6.45, 7) is 4.38. The smallest absolute Gasteiger partial charge is 0.240 e. The van der Waals surface area contributed by atoms with E-state index in [1.54, 1.807) is 4.90 Å². The highest BCUT2D eigenvalue weighted by atomic mass is 32.2. The van der Waals surface area contributed by atoms with Crippen molar-refractivity contribution in [3.8, 4) is 0 Å². The molecule has 0 radical (unpaired) electrons. The van der Waals surface area contributed by atoms with Crippen LogP contribution in [0.3, 0.4) is 0 Å². The number of carbonyl (C=O) groups excluding carboxylic acids is 1. The number of nitrogens with one attached hydrogen (secondary N) is 1. The van der Waals surface area contributed by atoms with Crippen LogP contribution in [0.5, 0.6) is 0 Å². The van der Waals surface area contributed by atoms with Crippen LogP contribution in [0.1, 0.15) is 39.0 Å². The van der Waals surface area contributed by atoms with Crippen molar-refractivity contribution < 1.29 is 13.2 Å². The molecule has 1 atom stereocenters. The van der Waals surface area contributed by atoms with Gasteiger partial charge in [-0.3, -0.25) is 4.79 Å². The first-order valence-corrected chi connectivity index (χ1v) is 9.00. The Labute approximate surface area is 115 Å². The molecule has 2 aliphatic heterocycles. The lowest BCUT2D eigenvalue weighted by Gasteiger charge is -2.35. The maximum Gasteiger partial charge on any atom is 0.240 e. The Morgan fingerprint density at radius 2 is 1.89 bits per heavy atom. The number of rotatable bonds is 3. The Balaban J connectivity index is 1.94. The highest BCUT2D eigenvalue weighted by Crippen LogP contribution is 2.23. The average Bonchev–Trinajstić information content (AvgIpc) is 2.39. The van der Waals surface area contributed by atoms with Crippen LogP contribution in [0.2, 0.25) is 0 Å². The highest BCUT2D eigenvalue weighted by Gasteiger charge is 2.38. The van der Waals surface area contributed by atoms with Crippen molar-refractivity contribution in [1.29, 1.82) is 0 Å². The van der Waals surface area contributed by atoms with Crippen LogP contribution < -0.4 is 5.32 Å². The minimum Gasteiger partial charge on any atom is -0.341 e. The molecule has 0 aromatic rings. The van der Waals surface area contributed by atoms with Gasteiger partial charge in [0.05, 0.1) is 5.75 Å². The van der Waals surface area contributed by atoms with Gasteiger partial charge in [0.25, 0.3) is 0 Å². The molecule has 110 valence electrons. The van der Waals surface area contributed by atoms with E-state index in [9.17, 15) is 13.2 Å². The largest absolute Gasteiger partial charge is 0.341 e. The molecule has 5 nitrogen and oxygen atoms in total. The van der Waals surface area contributed by atoms with Crippen molar-refractivity contribution in [3.63, 3.8) is 0 Å². The van der Waals surface area contributed by atoms with Gasteiger partial charge < -0.3 is 10.2 Å². The molecule has 0 saturated carbocycles. The first-order valence-electron chi connectivity index (χ1n) is 7.28. The summed E-state index contributed by atoms with van der Waals surface area (Å²) in [6, 6.07) is 0.469. The van der Waals surface area contributed by atoms with Crippen LogP contribution in [0, 0.1) is 0 Å². The first kappa shape index (κ1) is 14.8. The number of piperidine rings is 1. The van der Waals surface area contributed by atoms with Crippen LogP contribution in [-0.2, 0) is 14.6 Å². The van der Waals surface area contributed by atoms with E-state index in [-0.39, 0.29) is 11.7 Å². The molecule has 19 heavy (non-hydrogen) atoms. The molecular formula is C13H24N2O3S. The van der Waals surface area contributed by atoms with Crippen LogP contribution in [-0.4, -0.2) is 55.9 Å². The van der Waals surface area contributed by atoms with Crippen LogP contribution in [0.4, 0.5) is 0 Å². The molecule has 2 heterocycles. The van der Waals surface area contributed by atoms with Gasteiger partial charge in [-0.25, -0.2) is 8.42 Å². The molecule has 1 amide bonds. The number of hydrogen-bond donors (Lipinski definition) is 1. The van der Waals surface area contributed by atoms with Crippen LogP contribution in [0.25, 0.3) is 0 Å². The number of amides is 1. The third-order valence-electron chi connectivity index (χ3n) is 4.15. The quantitative estimate of drug-likeness (QED) is 0.824. The molecule has 0 aromatic heterocycles. The lowest BCUT2D eigenvalue weighted by molar-refractivity contribution is -0.132. The second kappa shape index (κ2) is 6.22. The molecule has 0 spiro atoms. The summed E-state index contributed by atoms with van der Waals surface area (Å²) < 4.78 is 23.9. The van der Waals surface area contributed by atoms with E-state index in [4.69, 9.17) is 0 Å². The Hall–Kier alpha value is -0.620. The third kappa shape index (κ3) is 3.48. The van der Waals surface area contributed by atoms with E-state index in [1.165, 1.54) is 0 Å². The molecule has 2 saturated heterocycles. The van der Waals surface area contributed by atoms with Crippen molar-refractivity contribution >= 4 is 15.7 Å². The lowest BCUT2D eigenvalue weighted by Crippen LogP contribution is -2.50. The second-order valence-electron chi connectivity index (χ2n) is 5.51. The normalized spacial score (nSPS) is 28.3. The number of sulfone groups is 1. The Bertz CT molecular complexity index is 414. The summed E-state index contributed by atoms with van der Waals surface area (Å²) in [5, 5.41) is 2.62. The summed E-state index contributed by atoms with van der Waals surface area (Å²) in [4.78, 5) is 14.1. The maximum atomic E-state index is 12.4. The maximum absolute atomic E-state index is 12.4. The summed E-state index contributed by atoms with van der Waals surface area (Å²) in [7, 11) is -3.20. The molecule has 2 aliphatic rings. The van der Waals surface area contributed by atoms with E-state index in [2.05, 4.69) is 12.2 Å². The zero-order valence-corrected chi connectivity index (χ0v) is 12.4. The second-order valence-corrected chi connectivity index (χ2v) is 7.81. The zero-order chi connectivity index (χ0) is 13.9. The summed E-state index contributed by atoms with van der Waals surface area (Å²) in [5.41, 5.74) is 0. The van der Waals surface area contributed by atoms with Gasteiger partial charge in [-0.15, -0.1) is 0 Å². The SMILES string of the molecule is CCNC1CCN(C(=O)C2CCCCS2(=O)=O)CC1. The molecule has 2 rings (SSSR count). The number of likely N-dealkylation sites (tertiary alicyclic amines) is 1. The molecule has 0 bridgehead atoms. The van der Waals surface area contributed by atoms with Gasteiger partial charge >= 0.3 is 0 Å². The van der Waals surface area contributed by atoms with Crippen molar-refractivity contribution in [2.24, 2.45) is 0 Å². The Morgan fingerprint density at radius 1 is 1.21 bits per heavy atom. The van der Waals surface area contributed by atoms with Crippen molar-refractivity contribution in [3.05, 3.63) is 0 Å². The molecule has 6 heteroatoms. The van der Waals surface area contributed by atoms with E-state index < -0.39 is 15.1 Å². The minimum atomic E-state index is -3.20. The fourth-order valence-electron chi connectivity index (χ4n) is 3.03. The predicted molar refractivity (Wildman–Crippen MR) is 74.7 cm³/mol. The third-order valence-corrected chi connectivity index (χ3v) is 6.32. The van der Waals surface area contributed by atoms with Gasteiger partial charge in [-0.1, -0.05) is 13.3 Å². The lowest BCUT2D eigenvalue weighted by atomic mass is 10.0. The fourth-order valence-corrected chi connectivity index (χ4v) is 4.90. The molecule has 1 unspecified atom stereocenters. The van der Waals surface area contributed by atoms with Gasteiger partial charge in [-0.2, -0.15) is 0 Å². The van der Waals surface area contributed by atoms with Gasteiger partial charge in [0.1, 0.15) is 5.25 Å². The van der Waals surface area contributed by atoms with Crippen molar-refractivity contribution in [2.75, 3.05) is 25.4 Å². The first-order chi connectivity index (χ1) is 9.04. The fraction of sp³-hybridized carbons (Fsp3) is 0.923. The molecule has 2 fully saturated rings. The Kier molecular flexibility index (Phi) is 4.84. The highest BCUT2D eigenvalue weighted by molar-refractivity contribution is 7.92. The predicted octanol–water partition coefficient (Wildman–Crippen LogP) is 0.554. The number of carbonyl (C=O) groups is 1. The van der Waals surface area contributed by atoms with Crippen LogP contribution in [0.15, 0.2) is 0 Å². The monoisotopic (exact) mass is 288 g/mol. The van der Waals surface area contributed by atoms with Crippen molar-refractivity contribution in [1.82, 2.24) is 10.2 Å². The number of hydrogen-bond acceptors (Lipinski definition) is 4. The van der Waals surface area contributed by atoms with Gasteiger partial charge in [0.15, 0.2) is 9.84 Å². The van der Waals surface area contributed by atoms with Gasteiger partial charge in [0, 0.05) is 19.1 Å². The van der Waals surface area contributed by atoms with E-state index in [0.29, 0.717) is 32.0 Å². The van der Waals surface area contributed by atoms with E-state index in [0.717, 1.165) is 25.8 Å². The molecular weight excluding hydrogens is 264 g/mol. The number of nitrogens with zero attached hydrogens (tertiary/aromatic N) is 1. The molecule has 1 N–H and O–H groups in total. The van der Waals surface area contributed by atoms with Crippen molar-refractivity contribution in [2.45, 2.75) is 50.3 Å². The standard InChI is InChI=1S/C13H24N2O3S/c1-2-14-11-6-8-15(9-7-11)13(16)12-5-3-4-10-19(12,17)18/h11-12,14H,2-10H2,1H3. The minimum absolute atomic E-state index is 0.158.